The molecule has 20 heavy (non-hydrogen) atoms. The third kappa shape index (κ3) is 2.47. The van der Waals surface area contributed by atoms with E-state index in [0.29, 0.717) is 6.04 Å². The van der Waals surface area contributed by atoms with Crippen molar-refractivity contribution in [2.75, 3.05) is 0 Å². The van der Waals surface area contributed by atoms with E-state index in [0.717, 1.165) is 6.54 Å². The molecule has 0 aliphatic heterocycles. The van der Waals surface area contributed by atoms with Crippen molar-refractivity contribution in [3.8, 4) is 0 Å². The molecule has 0 radical (unpaired) electrons. The molecular weight excluding hydrogens is 244 g/mol. The summed E-state index contributed by atoms with van der Waals surface area (Å²) >= 11 is 0. The van der Waals surface area contributed by atoms with Gasteiger partial charge in [-0.2, -0.15) is 0 Å². The molecule has 0 amide bonds. The number of para-hydroxylation sites is 1. The molecule has 3 rings (SSSR count). The Kier molecular flexibility index (Phi) is 3.57. The van der Waals surface area contributed by atoms with Crippen LogP contribution < -0.4 is 5.32 Å². The molecule has 1 aromatic heterocycles. The first-order chi connectivity index (χ1) is 9.75. The maximum Gasteiger partial charge on any atom is 0.0457 e. The highest BCUT2D eigenvalue weighted by molar-refractivity contribution is 5.82. The molecule has 0 fully saturated rings. The van der Waals surface area contributed by atoms with E-state index in [2.05, 4.69) is 78.9 Å². The molecule has 2 nitrogen and oxygen atoms in total. The Hall–Kier alpha value is -2.06. The molecule has 0 bridgehead atoms. The zero-order valence-corrected chi connectivity index (χ0v) is 12.0. The molecule has 0 saturated heterocycles. The fraction of sp³-hybridized carbons (Fsp3) is 0.222. The molecule has 1 unspecified atom stereocenters. The van der Waals surface area contributed by atoms with Crippen LogP contribution in [0, 0.1) is 6.92 Å². The van der Waals surface area contributed by atoms with Crippen LogP contribution in [0.4, 0.5) is 0 Å². The Labute approximate surface area is 119 Å². The number of nitrogens with one attached hydrogen (secondary N) is 2. The van der Waals surface area contributed by atoms with E-state index >= 15 is 0 Å². The molecule has 2 aromatic carbocycles. The molecule has 2 N–H and O–H groups in total. The molecule has 3 aromatic rings. The van der Waals surface area contributed by atoms with Gasteiger partial charge in [-0.3, -0.25) is 0 Å². The Balaban J connectivity index is 1.75. The van der Waals surface area contributed by atoms with Gasteiger partial charge in [-0.25, -0.2) is 0 Å². The minimum absolute atomic E-state index is 0.352. The van der Waals surface area contributed by atoms with E-state index in [-0.39, 0.29) is 0 Å². The molecule has 0 aliphatic rings. The van der Waals surface area contributed by atoms with Crippen LogP contribution in [0.15, 0.2) is 54.7 Å². The fourth-order valence-corrected chi connectivity index (χ4v) is 2.72. The lowest BCUT2D eigenvalue weighted by molar-refractivity contribution is 0.574. The Morgan fingerprint density at radius 1 is 1.05 bits per heavy atom. The normalized spacial score (nSPS) is 12.7. The van der Waals surface area contributed by atoms with Crippen molar-refractivity contribution < 1.29 is 0 Å². The Morgan fingerprint density at radius 2 is 1.80 bits per heavy atom. The number of benzene rings is 2. The van der Waals surface area contributed by atoms with Crippen molar-refractivity contribution in [1.82, 2.24) is 10.3 Å². The number of aromatic amines is 1. The molecule has 1 atom stereocenters. The second-order valence-corrected chi connectivity index (χ2v) is 5.32. The maximum absolute atomic E-state index is 3.61. The summed E-state index contributed by atoms with van der Waals surface area (Å²) in [7, 11) is 0. The topological polar surface area (TPSA) is 27.8 Å². The number of aromatic nitrogens is 1. The maximum atomic E-state index is 3.61. The van der Waals surface area contributed by atoms with Crippen LogP contribution in [0.25, 0.3) is 10.9 Å². The summed E-state index contributed by atoms with van der Waals surface area (Å²) in [5, 5.41) is 4.92. The number of H-pyrrole nitrogens is 1. The first kappa shape index (κ1) is 12.9. The summed E-state index contributed by atoms with van der Waals surface area (Å²) in [5.74, 6) is 0. The number of hydrogen-bond donors (Lipinski definition) is 2. The quantitative estimate of drug-likeness (QED) is 0.721. The molecule has 1 heterocycles. The summed E-state index contributed by atoms with van der Waals surface area (Å²) in [4.78, 5) is 3.32. The zero-order valence-electron chi connectivity index (χ0n) is 12.0. The van der Waals surface area contributed by atoms with Crippen LogP contribution in [-0.4, -0.2) is 4.98 Å². The van der Waals surface area contributed by atoms with Crippen LogP contribution in [0.5, 0.6) is 0 Å². The van der Waals surface area contributed by atoms with Crippen molar-refractivity contribution in [2.24, 2.45) is 0 Å². The first-order valence-corrected chi connectivity index (χ1v) is 7.09. The third-order valence-electron chi connectivity index (χ3n) is 3.93. The summed E-state index contributed by atoms with van der Waals surface area (Å²) in [6.07, 6.45) is 2.10. The molecule has 0 saturated carbocycles. The highest BCUT2D eigenvalue weighted by atomic mass is 14.9. The van der Waals surface area contributed by atoms with Crippen molar-refractivity contribution >= 4 is 10.9 Å². The molecule has 2 heteroatoms. The lowest BCUT2D eigenvalue weighted by Crippen LogP contribution is -2.18. The minimum Gasteiger partial charge on any atom is -0.361 e. The van der Waals surface area contributed by atoms with Gasteiger partial charge < -0.3 is 10.3 Å². The smallest absolute Gasteiger partial charge is 0.0457 e. The summed E-state index contributed by atoms with van der Waals surface area (Å²) in [6, 6.07) is 17.3. The van der Waals surface area contributed by atoms with E-state index in [1.165, 1.54) is 27.6 Å². The van der Waals surface area contributed by atoms with Crippen LogP contribution in [0.1, 0.15) is 29.7 Å². The molecule has 102 valence electrons. The van der Waals surface area contributed by atoms with Gasteiger partial charge in [0.15, 0.2) is 0 Å². The monoisotopic (exact) mass is 264 g/mol. The van der Waals surface area contributed by atoms with Gasteiger partial charge >= 0.3 is 0 Å². The van der Waals surface area contributed by atoms with Crippen molar-refractivity contribution in [1.29, 1.82) is 0 Å². The van der Waals surface area contributed by atoms with Crippen LogP contribution >= 0.6 is 0 Å². The average Bonchev–Trinajstić information content (AvgIpc) is 2.88. The van der Waals surface area contributed by atoms with Gasteiger partial charge in [-0.15, -0.1) is 0 Å². The van der Waals surface area contributed by atoms with Gasteiger partial charge in [0.05, 0.1) is 0 Å². The minimum atomic E-state index is 0.352. The second kappa shape index (κ2) is 5.51. The predicted octanol–water partition coefficient (Wildman–Crippen LogP) is 4.33. The van der Waals surface area contributed by atoms with Gasteiger partial charge in [0.1, 0.15) is 0 Å². The fourth-order valence-electron chi connectivity index (χ4n) is 2.72. The number of aryl methyl sites for hydroxylation is 1. The lowest BCUT2D eigenvalue weighted by atomic mass is 10.0. The van der Waals surface area contributed by atoms with Crippen LogP contribution in [0.3, 0.4) is 0 Å². The van der Waals surface area contributed by atoms with Crippen molar-refractivity contribution in [3.05, 3.63) is 71.4 Å². The van der Waals surface area contributed by atoms with Gasteiger partial charge in [0, 0.05) is 29.7 Å². The largest absolute Gasteiger partial charge is 0.361 e. The van der Waals surface area contributed by atoms with E-state index in [1.807, 2.05) is 0 Å². The van der Waals surface area contributed by atoms with E-state index in [4.69, 9.17) is 0 Å². The molecular formula is C18H20N2. The SMILES string of the molecule is Cc1ccccc1C(C)NCc1c[nH]c2ccccc12. The van der Waals surface area contributed by atoms with Crippen molar-refractivity contribution in [3.63, 3.8) is 0 Å². The highest BCUT2D eigenvalue weighted by Gasteiger charge is 2.08. The number of fused-ring (bicyclic) bond motifs is 1. The van der Waals surface area contributed by atoms with Gasteiger partial charge in [0.2, 0.25) is 0 Å². The lowest BCUT2D eigenvalue weighted by Gasteiger charge is -2.16. The Bertz CT molecular complexity index is 712. The van der Waals surface area contributed by atoms with E-state index in [1.54, 1.807) is 0 Å². The van der Waals surface area contributed by atoms with Crippen molar-refractivity contribution in [2.45, 2.75) is 26.4 Å². The molecule has 0 aliphatic carbocycles. The average molecular weight is 264 g/mol. The first-order valence-electron chi connectivity index (χ1n) is 7.09. The Morgan fingerprint density at radius 3 is 2.65 bits per heavy atom. The molecule has 0 spiro atoms. The van der Waals surface area contributed by atoms with E-state index in [9.17, 15) is 0 Å². The zero-order chi connectivity index (χ0) is 13.9. The van der Waals surface area contributed by atoms with E-state index < -0.39 is 0 Å². The van der Waals surface area contributed by atoms with Gasteiger partial charge in [-0.1, -0.05) is 42.5 Å². The van der Waals surface area contributed by atoms with Crippen LogP contribution in [-0.2, 0) is 6.54 Å². The highest BCUT2D eigenvalue weighted by Crippen LogP contribution is 2.20. The van der Waals surface area contributed by atoms with Gasteiger partial charge in [-0.05, 0) is 36.6 Å². The number of hydrogen-bond acceptors (Lipinski definition) is 1. The van der Waals surface area contributed by atoms with Crippen LogP contribution in [0.2, 0.25) is 0 Å². The standard InChI is InChI=1S/C18H20N2/c1-13-7-3-4-8-16(13)14(2)19-11-15-12-20-18-10-6-5-9-17(15)18/h3-10,12,14,19-20H,11H2,1-2H3. The summed E-state index contributed by atoms with van der Waals surface area (Å²) < 4.78 is 0. The summed E-state index contributed by atoms with van der Waals surface area (Å²) in [5.41, 5.74) is 5.23. The second-order valence-electron chi connectivity index (χ2n) is 5.32. The predicted molar refractivity (Wildman–Crippen MR) is 84.7 cm³/mol. The number of rotatable bonds is 4. The third-order valence-corrected chi connectivity index (χ3v) is 3.93. The summed E-state index contributed by atoms with van der Waals surface area (Å²) in [6.45, 7) is 5.26. The van der Waals surface area contributed by atoms with Gasteiger partial charge in [0.25, 0.3) is 0 Å².